The fourth-order valence-corrected chi connectivity index (χ4v) is 1.41. The Bertz CT molecular complexity index is 381. The summed E-state index contributed by atoms with van der Waals surface area (Å²) < 4.78 is 0. The van der Waals surface area contributed by atoms with Gasteiger partial charge in [0.1, 0.15) is 12.2 Å². The first kappa shape index (κ1) is 8.80. The fraction of sp³-hybridized carbons (Fsp3) is 0.333. The van der Waals surface area contributed by atoms with E-state index in [-0.39, 0.29) is 5.92 Å². The van der Waals surface area contributed by atoms with Crippen LogP contribution in [0.15, 0.2) is 28.8 Å². The maximum absolute atomic E-state index is 5.58. The summed E-state index contributed by atoms with van der Waals surface area (Å²) in [4.78, 5) is 7.98. The van der Waals surface area contributed by atoms with Crippen molar-refractivity contribution in [2.75, 3.05) is 0 Å². The lowest BCUT2D eigenvalue weighted by Crippen LogP contribution is -2.25. The molecule has 0 spiro atoms. The van der Waals surface area contributed by atoms with Crippen molar-refractivity contribution in [1.29, 1.82) is 0 Å². The Morgan fingerprint density at radius 2 is 2.29 bits per heavy atom. The van der Waals surface area contributed by atoms with Gasteiger partial charge in [0.05, 0.1) is 11.4 Å². The molecule has 2 N–H and O–H groups in total. The van der Waals surface area contributed by atoms with Crippen molar-refractivity contribution in [2.24, 2.45) is 21.9 Å². The monoisotopic (exact) mass is 189 g/mol. The summed E-state index contributed by atoms with van der Waals surface area (Å²) in [7, 11) is 0. The molecule has 0 amide bonds. The number of hydrogen-bond donors (Lipinski definition) is 1. The largest absolute Gasteiger partial charge is 0.386 e. The summed E-state index contributed by atoms with van der Waals surface area (Å²) in [6.45, 7) is 2.06. The minimum Gasteiger partial charge on any atom is -0.386 e. The maximum Gasteiger partial charge on any atom is 0.123 e. The molecule has 2 rings (SSSR count). The second-order valence-corrected chi connectivity index (χ2v) is 3.28. The molecule has 0 saturated carbocycles. The molecule has 1 aromatic heterocycles. The number of hydrogen-bond acceptors (Lipinski definition) is 5. The summed E-state index contributed by atoms with van der Waals surface area (Å²) in [6, 6.07) is 1.83. The molecule has 0 radical (unpaired) electrons. The van der Waals surface area contributed by atoms with Gasteiger partial charge in [-0.2, -0.15) is 5.10 Å². The second kappa shape index (κ2) is 3.53. The first-order valence-electron chi connectivity index (χ1n) is 4.43. The molecule has 5 nitrogen and oxygen atoms in total. The molecule has 0 aromatic carbocycles. The molecule has 14 heavy (non-hydrogen) atoms. The summed E-state index contributed by atoms with van der Waals surface area (Å²) in [6.07, 6.45) is 3.94. The predicted molar refractivity (Wildman–Crippen MR) is 54.0 cm³/mol. The summed E-state index contributed by atoms with van der Waals surface area (Å²) in [5.41, 5.74) is 7.28. The molecule has 2 heterocycles. The molecule has 5 heteroatoms. The van der Waals surface area contributed by atoms with Gasteiger partial charge in [0.2, 0.25) is 0 Å². The van der Waals surface area contributed by atoms with Gasteiger partial charge in [-0.1, -0.05) is 6.92 Å². The Balaban J connectivity index is 2.35. The van der Waals surface area contributed by atoms with E-state index in [1.165, 1.54) is 6.33 Å². The number of amidine groups is 1. The number of rotatable bonds is 1. The Labute approximate surface area is 81.8 Å². The topological polar surface area (TPSA) is 76.5 Å². The van der Waals surface area contributed by atoms with E-state index >= 15 is 0 Å². The smallest absolute Gasteiger partial charge is 0.123 e. The zero-order valence-electron chi connectivity index (χ0n) is 7.88. The third-order valence-corrected chi connectivity index (χ3v) is 2.11. The highest BCUT2D eigenvalue weighted by atomic mass is 15.2. The molecule has 0 bridgehead atoms. The van der Waals surface area contributed by atoms with Gasteiger partial charge in [-0.3, -0.25) is 0 Å². The fourth-order valence-electron chi connectivity index (χ4n) is 1.41. The van der Waals surface area contributed by atoms with E-state index in [1.807, 2.05) is 6.07 Å². The second-order valence-electron chi connectivity index (χ2n) is 3.28. The lowest BCUT2D eigenvalue weighted by molar-refractivity contribution is 0.779. The van der Waals surface area contributed by atoms with Crippen LogP contribution in [0.5, 0.6) is 0 Å². The third kappa shape index (κ3) is 1.61. The molecule has 1 aliphatic rings. The third-order valence-electron chi connectivity index (χ3n) is 2.11. The Morgan fingerprint density at radius 3 is 2.93 bits per heavy atom. The zero-order chi connectivity index (χ0) is 9.97. The number of aromatic nitrogens is 2. The van der Waals surface area contributed by atoms with Crippen molar-refractivity contribution in [3.05, 3.63) is 24.3 Å². The van der Waals surface area contributed by atoms with E-state index in [1.54, 1.807) is 6.20 Å². The van der Waals surface area contributed by atoms with Crippen LogP contribution in [-0.2, 0) is 0 Å². The summed E-state index contributed by atoms with van der Waals surface area (Å²) in [5, 5.41) is 7.91. The highest BCUT2D eigenvalue weighted by molar-refractivity contribution is 6.04. The van der Waals surface area contributed by atoms with Gasteiger partial charge < -0.3 is 5.73 Å². The number of nitrogens with zero attached hydrogens (tertiary/aromatic N) is 4. The maximum atomic E-state index is 5.58. The van der Waals surface area contributed by atoms with E-state index in [9.17, 15) is 0 Å². The van der Waals surface area contributed by atoms with E-state index in [0.29, 0.717) is 5.84 Å². The van der Waals surface area contributed by atoms with Crippen LogP contribution >= 0.6 is 0 Å². The van der Waals surface area contributed by atoms with Crippen LogP contribution in [-0.4, -0.2) is 21.5 Å². The molecule has 1 aliphatic heterocycles. The first-order valence-corrected chi connectivity index (χ1v) is 4.43. The minimum atomic E-state index is 0.266. The van der Waals surface area contributed by atoms with Crippen LogP contribution < -0.4 is 5.73 Å². The molecule has 0 fully saturated rings. The quantitative estimate of drug-likeness (QED) is 0.701. The van der Waals surface area contributed by atoms with Crippen molar-refractivity contribution in [1.82, 2.24) is 9.97 Å². The van der Waals surface area contributed by atoms with E-state index < -0.39 is 0 Å². The van der Waals surface area contributed by atoms with Crippen molar-refractivity contribution >= 4 is 11.5 Å². The molecule has 0 saturated heterocycles. The van der Waals surface area contributed by atoms with Crippen LogP contribution in [0.25, 0.3) is 0 Å². The Hall–Kier alpha value is -1.78. The average molecular weight is 189 g/mol. The highest BCUT2D eigenvalue weighted by Crippen LogP contribution is 2.14. The van der Waals surface area contributed by atoms with Crippen molar-refractivity contribution in [3.8, 4) is 0 Å². The van der Waals surface area contributed by atoms with Gasteiger partial charge >= 0.3 is 0 Å². The molecule has 1 atom stereocenters. The SMILES string of the molecule is CC1CC(N)=NN=C1c1ccncn1. The standard InChI is InChI=1S/C9H11N5/c1-6-4-8(10)13-14-9(6)7-2-3-11-5-12-7/h2-3,5-6H,4H2,1H3,(H2,10,13). The molecular formula is C9H11N5. The van der Waals surface area contributed by atoms with Crippen LogP contribution in [0.1, 0.15) is 19.0 Å². The van der Waals surface area contributed by atoms with Gasteiger partial charge in [0.25, 0.3) is 0 Å². The molecule has 1 unspecified atom stereocenters. The zero-order valence-corrected chi connectivity index (χ0v) is 7.88. The molecule has 72 valence electrons. The van der Waals surface area contributed by atoms with Gasteiger partial charge in [0.15, 0.2) is 0 Å². The lowest BCUT2D eigenvalue weighted by atomic mass is 9.98. The lowest BCUT2D eigenvalue weighted by Gasteiger charge is -2.15. The normalized spacial score (nSPS) is 21.4. The van der Waals surface area contributed by atoms with Crippen LogP contribution in [0.2, 0.25) is 0 Å². The van der Waals surface area contributed by atoms with Crippen LogP contribution in [0.4, 0.5) is 0 Å². The first-order chi connectivity index (χ1) is 6.77. The summed E-state index contributed by atoms with van der Waals surface area (Å²) in [5.74, 6) is 0.845. The predicted octanol–water partition coefficient (Wildman–Crippen LogP) is 0.578. The van der Waals surface area contributed by atoms with Crippen molar-refractivity contribution in [2.45, 2.75) is 13.3 Å². The highest BCUT2D eigenvalue weighted by Gasteiger charge is 2.19. The minimum absolute atomic E-state index is 0.266. The van der Waals surface area contributed by atoms with E-state index in [0.717, 1.165) is 17.8 Å². The van der Waals surface area contributed by atoms with E-state index in [2.05, 4.69) is 27.1 Å². The van der Waals surface area contributed by atoms with Gasteiger partial charge in [-0.25, -0.2) is 9.97 Å². The molecule has 1 aromatic rings. The Morgan fingerprint density at radius 1 is 1.43 bits per heavy atom. The molecular weight excluding hydrogens is 178 g/mol. The van der Waals surface area contributed by atoms with Crippen LogP contribution in [0.3, 0.4) is 0 Å². The molecule has 0 aliphatic carbocycles. The van der Waals surface area contributed by atoms with Crippen LogP contribution in [0, 0.1) is 5.92 Å². The number of nitrogens with two attached hydrogens (primary N) is 1. The summed E-state index contributed by atoms with van der Waals surface area (Å²) >= 11 is 0. The van der Waals surface area contributed by atoms with Crippen molar-refractivity contribution in [3.63, 3.8) is 0 Å². The van der Waals surface area contributed by atoms with E-state index in [4.69, 9.17) is 5.73 Å². The van der Waals surface area contributed by atoms with Gasteiger partial charge in [-0.05, 0) is 6.07 Å². The average Bonchev–Trinajstić information content (AvgIpc) is 2.19. The Kier molecular flexibility index (Phi) is 2.22. The van der Waals surface area contributed by atoms with Gasteiger partial charge in [0, 0.05) is 18.5 Å². The van der Waals surface area contributed by atoms with Gasteiger partial charge in [-0.15, -0.1) is 5.10 Å². The van der Waals surface area contributed by atoms with Crippen molar-refractivity contribution < 1.29 is 0 Å².